The van der Waals surface area contributed by atoms with Crippen molar-refractivity contribution in [3.8, 4) is 34.1 Å². The second kappa shape index (κ2) is 6.86. The van der Waals surface area contributed by atoms with Gasteiger partial charge < -0.3 is 24.8 Å². The Balaban J connectivity index is 1.71. The van der Waals surface area contributed by atoms with Crippen molar-refractivity contribution in [1.82, 2.24) is 0 Å². The van der Waals surface area contributed by atoms with E-state index in [1.54, 1.807) is 12.1 Å². The van der Waals surface area contributed by atoms with E-state index in [0.717, 1.165) is 5.56 Å². The first-order chi connectivity index (χ1) is 16.4. The normalized spacial score (nSPS) is 17.4. The number of aromatic hydroxyl groups is 2. The lowest BCUT2D eigenvalue weighted by molar-refractivity contribution is 0.0224. The van der Waals surface area contributed by atoms with E-state index in [4.69, 9.17) is 9.47 Å². The van der Waals surface area contributed by atoms with Crippen LogP contribution in [0.2, 0.25) is 0 Å². The summed E-state index contributed by atoms with van der Waals surface area (Å²) >= 11 is 0. The second-order valence-corrected chi connectivity index (χ2v) is 8.15. The van der Waals surface area contributed by atoms with Gasteiger partial charge in [0, 0.05) is 34.4 Å². The first-order valence-electron chi connectivity index (χ1n) is 10.4. The van der Waals surface area contributed by atoms with Crippen molar-refractivity contribution in [1.29, 1.82) is 0 Å². The molecule has 0 radical (unpaired) electrons. The van der Waals surface area contributed by atoms with Gasteiger partial charge in [-0.1, -0.05) is 30.3 Å². The summed E-state index contributed by atoms with van der Waals surface area (Å²) in [4.78, 5) is 24.8. The number of hydrogen-bond donors (Lipinski definition) is 3. The molecule has 7 heteroatoms. The van der Waals surface area contributed by atoms with Crippen LogP contribution in [0.3, 0.4) is 0 Å². The molecule has 1 spiro atoms. The summed E-state index contributed by atoms with van der Waals surface area (Å²) in [6, 6.07) is 20.9. The third-order valence-electron chi connectivity index (χ3n) is 6.24. The Morgan fingerprint density at radius 1 is 0.765 bits per heavy atom. The fourth-order valence-corrected chi connectivity index (χ4v) is 4.72. The number of benzene rings is 4. The summed E-state index contributed by atoms with van der Waals surface area (Å²) in [5.74, 6) is -1.43. The van der Waals surface area contributed by atoms with Crippen molar-refractivity contribution in [2.45, 2.75) is 5.60 Å². The van der Waals surface area contributed by atoms with Crippen molar-refractivity contribution in [3.05, 3.63) is 107 Å². The molecule has 0 saturated heterocycles. The van der Waals surface area contributed by atoms with Crippen molar-refractivity contribution in [2.24, 2.45) is 0 Å². The summed E-state index contributed by atoms with van der Waals surface area (Å²) in [6.07, 6.45) is 0. The maximum Gasteiger partial charge on any atom is 0.340 e. The van der Waals surface area contributed by atoms with Gasteiger partial charge in [0.05, 0.1) is 11.1 Å². The molecule has 0 fully saturated rings. The Kier molecular flexibility index (Phi) is 4.01. The highest BCUT2D eigenvalue weighted by atomic mass is 16.6. The zero-order chi connectivity index (χ0) is 23.6. The number of esters is 1. The molecule has 0 aromatic heterocycles. The maximum atomic E-state index is 13.0. The number of fused-ring (bicyclic) bond motifs is 6. The van der Waals surface area contributed by atoms with E-state index < -0.39 is 17.5 Å². The number of ether oxygens (including phenoxy) is 2. The minimum absolute atomic E-state index is 0.00754. The van der Waals surface area contributed by atoms with Crippen LogP contribution in [0.4, 0.5) is 0 Å². The van der Waals surface area contributed by atoms with Crippen LogP contribution >= 0.6 is 0 Å². The summed E-state index contributed by atoms with van der Waals surface area (Å²) in [6.45, 7) is 0. The van der Waals surface area contributed by atoms with Gasteiger partial charge in [0.15, 0.2) is 5.60 Å². The second-order valence-electron chi connectivity index (χ2n) is 8.15. The highest BCUT2D eigenvalue weighted by Gasteiger charge is 2.54. The van der Waals surface area contributed by atoms with Gasteiger partial charge in [-0.05, 0) is 42.0 Å². The van der Waals surface area contributed by atoms with E-state index in [9.17, 15) is 24.9 Å². The van der Waals surface area contributed by atoms with Gasteiger partial charge in [-0.15, -0.1) is 0 Å². The predicted octanol–water partition coefficient (Wildman–Crippen LogP) is 5.03. The number of carbonyl (C=O) groups excluding carboxylic acids is 1. The third kappa shape index (κ3) is 2.64. The van der Waals surface area contributed by atoms with Crippen molar-refractivity contribution < 1.29 is 34.4 Å². The molecule has 2 aliphatic heterocycles. The van der Waals surface area contributed by atoms with Gasteiger partial charge >= 0.3 is 11.9 Å². The highest BCUT2D eigenvalue weighted by molar-refractivity contribution is 5.99. The van der Waals surface area contributed by atoms with Crippen molar-refractivity contribution >= 4 is 11.9 Å². The molecule has 166 valence electrons. The van der Waals surface area contributed by atoms with E-state index in [1.165, 1.54) is 36.4 Å². The van der Waals surface area contributed by atoms with E-state index in [2.05, 4.69) is 0 Å². The fourth-order valence-electron chi connectivity index (χ4n) is 4.72. The SMILES string of the molecule is O=C(O)c1ccc2c(c1)C1(OC2=O)c2ccc(O)cc2Oc2cc(O)c(-c3ccccc3)cc21. The first-order valence-corrected chi connectivity index (χ1v) is 10.4. The summed E-state index contributed by atoms with van der Waals surface area (Å²) in [5.41, 5.74) is 1.11. The van der Waals surface area contributed by atoms with Crippen LogP contribution in [0.25, 0.3) is 11.1 Å². The molecule has 4 aromatic rings. The molecule has 7 nitrogen and oxygen atoms in total. The molecule has 2 aliphatic rings. The number of phenolic OH excluding ortho intramolecular Hbond substituents is 2. The average molecular weight is 452 g/mol. The number of rotatable bonds is 2. The molecule has 0 aliphatic carbocycles. The molecule has 34 heavy (non-hydrogen) atoms. The first kappa shape index (κ1) is 19.9. The van der Waals surface area contributed by atoms with E-state index >= 15 is 0 Å². The summed E-state index contributed by atoms with van der Waals surface area (Å²) in [5, 5.41) is 30.5. The number of carboxylic acids is 1. The van der Waals surface area contributed by atoms with Gasteiger partial charge in [-0.2, -0.15) is 0 Å². The number of phenols is 2. The Labute approximate surface area is 193 Å². The average Bonchev–Trinajstić information content (AvgIpc) is 3.11. The standard InChI is InChI=1S/C27H16O7/c28-16-7-9-19-23(11-16)33-24-13-22(29)18(14-4-2-1-3-5-14)12-21(24)27(19)20-10-15(25(30)31)6-8-17(20)26(32)34-27/h1-13,28-29H,(H,30,31). The molecule has 1 unspecified atom stereocenters. The smallest absolute Gasteiger partial charge is 0.340 e. The Hall–Kier alpha value is -4.78. The number of carboxylic acid groups (broad SMARTS) is 1. The molecule has 0 saturated carbocycles. The monoisotopic (exact) mass is 452 g/mol. The van der Waals surface area contributed by atoms with Crippen LogP contribution in [-0.2, 0) is 10.3 Å². The summed E-state index contributed by atoms with van der Waals surface area (Å²) < 4.78 is 12.1. The number of hydrogen-bond acceptors (Lipinski definition) is 6. The lowest BCUT2D eigenvalue weighted by atomic mass is 9.76. The molecular formula is C27H16O7. The Morgan fingerprint density at radius 2 is 1.53 bits per heavy atom. The molecule has 3 N–H and O–H groups in total. The van der Waals surface area contributed by atoms with Gasteiger partial charge in [0.1, 0.15) is 23.0 Å². The van der Waals surface area contributed by atoms with Crippen molar-refractivity contribution in [2.75, 3.05) is 0 Å². The zero-order valence-electron chi connectivity index (χ0n) is 17.5. The molecule has 4 aromatic carbocycles. The largest absolute Gasteiger partial charge is 0.508 e. The van der Waals surface area contributed by atoms with Crippen molar-refractivity contribution in [3.63, 3.8) is 0 Å². The number of carbonyl (C=O) groups is 2. The minimum Gasteiger partial charge on any atom is -0.508 e. The highest BCUT2D eigenvalue weighted by Crippen LogP contribution is 2.58. The van der Waals surface area contributed by atoms with Crippen LogP contribution in [0.1, 0.15) is 37.4 Å². The lowest BCUT2D eigenvalue weighted by Gasteiger charge is -2.37. The van der Waals surface area contributed by atoms with Crippen LogP contribution < -0.4 is 4.74 Å². The number of aromatic carboxylic acids is 1. The molecular weight excluding hydrogens is 436 g/mol. The van der Waals surface area contributed by atoms with Crippen LogP contribution in [-0.4, -0.2) is 27.3 Å². The van der Waals surface area contributed by atoms with Gasteiger partial charge in [0.2, 0.25) is 0 Å². The van der Waals surface area contributed by atoms with Crippen LogP contribution in [0.15, 0.2) is 78.9 Å². The minimum atomic E-state index is -1.54. The van der Waals surface area contributed by atoms with Crippen LogP contribution in [0.5, 0.6) is 23.0 Å². The molecule has 2 heterocycles. The molecule has 1 atom stereocenters. The van der Waals surface area contributed by atoms with Crippen LogP contribution in [0, 0.1) is 0 Å². The van der Waals surface area contributed by atoms with E-state index in [-0.39, 0.29) is 34.1 Å². The van der Waals surface area contributed by atoms with E-state index in [1.807, 2.05) is 30.3 Å². The van der Waals surface area contributed by atoms with Gasteiger partial charge in [-0.25, -0.2) is 9.59 Å². The lowest BCUT2D eigenvalue weighted by Crippen LogP contribution is -2.33. The zero-order valence-corrected chi connectivity index (χ0v) is 17.5. The summed E-state index contributed by atoms with van der Waals surface area (Å²) in [7, 11) is 0. The van der Waals surface area contributed by atoms with Gasteiger partial charge in [-0.3, -0.25) is 0 Å². The van der Waals surface area contributed by atoms with E-state index in [0.29, 0.717) is 22.3 Å². The third-order valence-corrected chi connectivity index (χ3v) is 6.24. The maximum absolute atomic E-state index is 13.0. The fraction of sp³-hybridized carbons (Fsp3) is 0.0370. The molecule has 0 amide bonds. The van der Waals surface area contributed by atoms with Gasteiger partial charge in [0.25, 0.3) is 0 Å². The Morgan fingerprint density at radius 3 is 2.29 bits per heavy atom. The predicted molar refractivity (Wildman–Crippen MR) is 120 cm³/mol. The quantitative estimate of drug-likeness (QED) is 0.366. The topological polar surface area (TPSA) is 113 Å². The molecule has 6 rings (SSSR count). The molecule has 0 bridgehead atoms. The Bertz CT molecular complexity index is 1520.